The summed E-state index contributed by atoms with van der Waals surface area (Å²) in [5.74, 6) is -0.208. The van der Waals surface area contributed by atoms with Gasteiger partial charge in [0.05, 0.1) is 6.54 Å². The standard InChI is InChI=1S/C16H13FINO/c17-14-4-2-1-3-12(14)10-19-15-7-6-13(18)9-11(15)5-8-16(19)20/h1-4,6-7,9H,5,8,10H2. The number of anilines is 1. The molecule has 0 spiro atoms. The highest BCUT2D eigenvalue weighted by atomic mass is 127. The van der Waals surface area contributed by atoms with E-state index in [4.69, 9.17) is 0 Å². The zero-order valence-corrected chi connectivity index (χ0v) is 12.9. The number of nitrogens with zero attached hydrogens (tertiary/aromatic N) is 1. The van der Waals surface area contributed by atoms with Gasteiger partial charge in [-0.15, -0.1) is 0 Å². The lowest BCUT2D eigenvalue weighted by molar-refractivity contribution is -0.119. The molecule has 0 unspecified atom stereocenters. The van der Waals surface area contributed by atoms with E-state index in [9.17, 15) is 9.18 Å². The highest BCUT2D eigenvalue weighted by molar-refractivity contribution is 14.1. The van der Waals surface area contributed by atoms with E-state index < -0.39 is 0 Å². The first kappa shape index (κ1) is 13.5. The van der Waals surface area contributed by atoms with Crippen LogP contribution in [0.2, 0.25) is 0 Å². The van der Waals surface area contributed by atoms with Crippen LogP contribution in [-0.4, -0.2) is 5.91 Å². The molecule has 3 rings (SSSR count). The fraction of sp³-hybridized carbons (Fsp3) is 0.188. The summed E-state index contributed by atoms with van der Waals surface area (Å²) in [6.07, 6.45) is 1.25. The Hall–Kier alpha value is -1.43. The number of benzene rings is 2. The largest absolute Gasteiger partial charge is 0.308 e. The fourth-order valence-electron chi connectivity index (χ4n) is 2.50. The van der Waals surface area contributed by atoms with Crippen molar-refractivity contribution in [1.82, 2.24) is 0 Å². The number of amides is 1. The van der Waals surface area contributed by atoms with Crippen LogP contribution in [-0.2, 0) is 17.8 Å². The van der Waals surface area contributed by atoms with Crippen molar-refractivity contribution in [3.8, 4) is 0 Å². The molecule has 1 aliphatic heterocycles. The molecule has 0 aromatic heterocycles. The summed E-state index contributed by atoms with van der Waals surface area (Å²) < 4.78 is 14.9. The average molecular weight is 381 g/mol. The molecule has 0 atom stereocenters. The summed E-state index contributed by atoms with van der Waals surface area (Å²) in [5, 5.41) is 0. The van der Waals surface area contributed by atoms with Crippen molar-refractivity contribution in [1.29, 1.82) is 0 Å². The van der Waals surface area contributed by atoms with E-state index in [1.165, 1.54) is 6.07 Å². The van der Waals surface area contributed by atoms with E-state index in [0.717, 1.165) is 21.2 Å². The maximum Gasteiger partial charge on any atom is 0.227 e. The zero-order chi connectivity index (χ0) is 14.1. The first-order chi connectivity index (χ1) is 9.65. The molecule has 2 aromatic rings. The van der Waals surface area contributed by atoms with Gasteiger partial charge in [-0.3, -0.25) is 4.79 Å². The monoisotopic (exact) mass is 381 g/mol. The molecule has 2 nitrogen and oxygen atoms in total. The quantitative estimate of drug-likeness (QED) is 0.723. The van der Waals surface area contributed by atoms with Gasteiger partial charge in [0.15, 0.2) is 0 Å². The average Bonchev–Trinajstić information content (AvgIpc) is 2.44. The van der Waals surface area contributed by atoms with Crippen molar-refractivity contribution < 1.29 is 9.18 Å². The normalized spacial score (nSPS) is 14.3. The first-order valence-corrected chi connectivity index (χ1v) is 7.55. The minimum Gasteiger partial charge on any atom is -0.308 e. The third kappa shape index (κ3) is 2.57. The van der Waals surface area contributed by atoms with Crippen molar-refractivity contribution in [2.75, 3.05) is 4.90 Å². The fourth-order valence-corrected chi connectivity index (χ4v) is 3.05. The van der Waals surface area contributed by atoms with Gasteiger partial charge in [0, 0.05) is 21.2 Å². The molecule has 0 N–H and O–H groups in total. The molecule has 0 saturated heterocycles. The first-order valence-electron chi connectivity index (χ1n) is 6.47. The van der Waals surface area contributed by atoms with Crippen molar-refractivity contribution in [3.05, 3.63) is 63.0 Å². The second-order valence-electron chi connectivity index (χ2n) is 4.84. The smallest absolute Gasteiger partial charge is 0.227 e. The molecule has 0 fully saturated rings. The van der Waals surface area contributed by atoms with E-state index >= 15 is 0 Å². The number of hydrogen-bond donors (Lipinski definition) is 0. The summed E-state index contributed by atoms with van der Waals surface area (Å²) in [6, 6.07) is 12.6. The van der Waals surface area contributed by atoms with Gasteiger partial charge in [0.25, 0.3) is 0 Å². The Morgan fingerprint density at radius 3 is 2.75 bits per heavy atom. The van der Waals surface area contributed by atoms with Crippen LogP contribution in [0.4, 0.5) is 10.1 Å². The number of halogens is 2. The van der Waals surface area contributed by atoms with Crippen LogP contribution in [0.3, 0.4) is 0 Å². The number of aryl methyl sites for hydroxylation is 1. The third-order valence-electron chi connectivity index (χ3n) is 3.53. The van der Waals surface area contributed by atoms with Gasteiger partial charge in [0.2, 0.25) is 5.91 Å². The minimum atomic E-state index is -0.266. The maximum atomic E-state index is 13.8. The molecule has 1 heterocycles. The number of rotatable bonds is 2. The molecule has 2 aromatic carbocycles. The number of carbonyl (C=O) groups excluding carboxylic acids is 1. The Morgan fingerprint density at radius 2 is 1.95 bits per heavy atom. The van der Waals surface area contributed by atoms with Gasteiger partial charge in [-0.05, 0) is 58.8 Å². The molecular formula is C16H13FINO. The molecule has 0 saturated carbocycles. The van der Waals surface area contributed by atoms with E-state index in [0.29, 0.717) is 18.5 Å². The Morgan fingerprint density at radius 1 is 1.15 bits per heavy atom. The molecule has 0 aliphatic carbocycles. The molecule has 0 radical (unpaired) electrons. The van der Waals surface area contributed by atoms with Gasteiger partial charge in [-0.25, -0.2) is 4.39 Å². The Kier molecular flexibility index (Phi) is 3.74. The summed E-state index contributed by atoms with van der Waals surface area (Å²) in [7, 11) is 0. The Bertz CT molecular complexity index is 671. The van der Waals surface area contributed by atoms with E-state index in [1.807, 2.05) is 12.1 Å². The van der Waals surface area contributed by atoms with Gasteiger partial charge in [0.1, 0.15) is 5.82 Å². The van der Waals surface area contributed by atoms with E-state index in [1.54, 1.807) is 23.1 Å². The summed E-state index contributed by atoms with van der Waals surface area (Å²) in [5.41, 5.74) is 2.62. The highest BCUT2D eigenvalue weighted by Gasteiger charge is 2.24. The predicted octanol–water partition coefficient (Wildman–Crippen LogP) is 3.91. The summed E-state index contributed by atoms with van der Waals surface area (Å²) in [4.78, 5) is 13.8. The number of fused-ring (bicyclic) bond motifs is 1. The van der Waals surface area contributed by atoms with Crippen molar-refractivity contribution in [3.63, 3.8) is 0 Å². The Labute approximate surface area is 130 Å². The van der Waals surface area contributed by atoms with Crippen molar-refractivity contribution in [2.45, 2.75) is 19.4 Å². The predicted molar refractivity (Wildman–Crippen MR) is 85.1 cm³/mol. The van der Waals surface area contributed by atoms with Crippen LogP contribution >= 0.6 is 22.6 Å². The minimum absolute atomic E-state index is 0.0574. The van der Waals surface area contributed by atoms with Gasteiger partial charge >= 0.3 is 0 Å². The van der Waals surface area contributed by atoms with Gasteiger partial charge in [-0.1, -0.05) is 18.2 Å². The summed E-state index contributed by atoms with van der Waals surface area (Å²) in [6.45, 7) is 0.291. The second kappa shape index (κ2) is 5.52. The number of hydrogen-bond acceptors (Lipinski definition) is 1. The van der Waals surface area contributed by atoms with Crippen LogP contribution in [0.25, 0.3) is 0 Å². The van der Waals surface area contributed by atoms with E-state index in [-0.39, 0.29) is 11.7 Å². The second-order valence-corrected chi connectivity index (χ2v) is 6.09. The van der Waals surface area contributed by atoms with E-state index in [2.05, 4.69) is 28.7 Å². The highest BCUT2D eigenvalue weighted by Crippen LogP contribution is 2.30. The molecule has 0 bridgehead atoms. The van der Waals surface area contributed by atoms with Crippen molar-refractivity contribution in [2.24, 2.45) is 0 Å². The molecule has 102 valence electrons. The van der Waals surface area contributed by atoms with Crippen LogP contribution in [0.1, 0.15) is 17.5 Å². The van der Waals surface area contributed by atoms with Crippen LogP contribution in [0.5, 0.6) is 0 Å². The Balaban J connectivity index is 1.97. The van der Waals surface area contributed by atoms with Gasteiger partial charge in [-0.2, -0.15) is 0 Å². The maximum absolute atomic E-state index is 13.8. The zero-order valence-electron chi connectivity index (χ0n) is 10.8. The molecule has 4 heteroatoms. The molecule has 20 heavy (non-hydrogen) atoms. The topological polar surface area (TPSA) is 20.3 Å². The molecular weight excluding hydrogens is 368 g/mol. The van der Waals surface area contributed by atoms with Gasteiger partial charge < -0.3 is 4.90 Å². The lowest BCUT2D eigenvalue weighted by Gasteiger charge is -2.29. The lowest BCUT2D eigenvalue weighted by atomic mass is 10.0. The van der Waals surface area contributed by atoms with Crippen LogP contribution in [0, 0.1) is 9.39 Å². The molecule has 1 aliphatic rings. The molecule has 1 amide bonds. The SMILES string of the molecule is O=C1CCc2cc(I)ccc2N1Cc1ccccc1F. The number of carbonyl (C=O) groups is 1. The van der Waals surface area contributed by atoms with Crippen LogP contribution < -0.4 is 4.90 Å². The summed E-state index contributed by atoms with van der Waals surface area (Å²) >= 11 is 2.26. The third-order valence-corrected chi connectivity index (χ3v) is 4.20. The lowest BCUT2D eigenvalue weighted by Crippen LogP contribution is -2.34. The van der Waals surface area contributed by atoms with Crippen molar-refractivity contribution >= 4 is 34.2 Å². The van der Waals surface area contributed by atoms with Crippen LogP contribution in [0.15, 0.2) is 42.5 Å².